The molecule has 0 fully saturated rings. The predicted octanol–water partition coefficient (Wildman–Crippen LogP) is 12.4. The summed E-state index contributed by atoms with van der Waals surface area (Å²) in [5, 5.41) is 0. The first-order valence-corrected chi connectivity index (χ1v) is 15.7. The monoisotopic (exact) mass is 451 g/mol. The highest BCUT2D eigenvalue weighted by molar-refractivity contribution is 4.63. The summed E-state index contributed by atoms with van der Waals surface area (Å²) in [6.45, 7) is 9.65. The van der Waals surface area contributed by atoms with E-state index in [0.29, 0.717) is 0 Å². The summed E-state index contributed by atoms with van der Waals surface area (Å²) in [5.74, 6) is 1.87. The van der Waals surface area contributed by atoms with Crippen molar-refractivity contribution >= 4 is 0 Å². The molecule has 0 aromatic heterocycles. The first-order chi connectivity index (χ1) is 15.7. The number of hydrogen-bond acceptors (Lipinski definition) is 0. The largest absolute Gasteiger partial charge is 0.0654 e. The first kappa shape index (κ1) is 32.0. The van der Waals surface area contributed by atoms with Gasteiger partial charge in [-0.25, -0.2) is 0 Å². The van der Waals surface area contributed by atoms with Gasteiger partial charge in [0.1, 0.15) is 0 Å². The van der Waals surface area contributed by atoms with Crippen LogP contribution >= 0.6 is 0 Å². The van der Waals surface area contributed by atoms with Crippen LogP contribution in [0.15, 0.2) is 0 Å². The van der Waals surface area contributed by atoms with Gasteiger partial charge < -0.3 is 0 Å². The normalized spacial score (nSPS) is 13.5. The summed E-state index contributed by atoms with van der Waals surface area (Å²) in [5.41, 5.74) is 0. The van der Waals surface area contributed by atoms with Crippen LogP contribution in [0.25, 0.3) is 0 Å². The van der Waals surface area contributed by atoms with Gasteiger partial charge in [0.15, 0.2) is 0 Å². The zero-order chi connectivity index (χ0) is 23.5. The predicted molar refractivity (Wildman–Crippen MR) is 150 cm³/mol. The Bertz CT molecular complexity index is 320. The van der Waals surface area contributed by atoms with Crippen LogP contribution in [0, 0.1) is 11.8 Å². The second-order valence-corrected chi connectivity index (χ2v) is 11.3. The third-order valence-electron chi connectivity index (χ3n) is 8.00. The molecule has 0 rings (SSSR count). The molecule has 0 bridgehead atoms. The maximum atomic E-state index is 2.52. The molecule has 0 spiro atoms. The Morgan fingerprint density at radius 2 is 0.469 bits per heavy atom. The highest BCUT2D eigenvalue weighted by atomic mass is 14.2. The van der Waals surface area contributed by atoms with Crippen molar-refractivity contribution in [2.45, 2.75) is 195 Å². The highest BCUT2D eigenvalue weighted by Gasteiger charge is 2.11. The van der Waals surface area contributed by atoms with Crippen molar-refractivity contribution in [3.05, 3.63) is 0 Å². The van der Waals surface area contributed by atoms with Gasteiger partial charge in [-0.15, -0.1) is 0 Å². The van der Waals surface area contributed by atoms with Crippen LogP contribution in [0.1, 0.15) is 195 Å². The average molecular weight is 451 g/mol. The van der Waals surface area contributed by atoms with E-state index in [9.17, 15) is 0 Å². The third kappa shape index (κ3) is 24.6. The van der Waals surface area contributed by atoms with Crippen molar-refractivity contribution in [1.82, 2.24) is 0 Å². The van der Waals surface area contributed by atoms with E-state index in [1.807, 2.05) is 0 Å². The molecule has 0 saturated carbocycles. The summed E-state index contributed by atoms with van der Waals surface area (Å²) in [6.07, 6.45) is 38.1. The molecule has 0 aliphatic rings. The Morgan fingerprint density at radius 1 is 0.281 bits per heavy atom. The van der Waals surface area contributed by atoms with E-state index in [1.54, 1.807) is 0 Å². The topological polar surface area (TPSA) is 0 Å². The van der Waals surface area contributed by atoms with Gasteiger partial charge in [0, 0.05) is 0 Å². The fourth-order valence-electron chi connectivity index (χ4n) is 5.18. The van der Waals surface area contributed by atoms with Crippen LogP contribution in [-0.2, 0) is 0 Å². The summed E-state index contributed by atoms with van der Waals surface area (Å²) in [7, 11) is 0. The lowest BCUT2D eigenvalue weighted by atomic mass is 9.86. The molecule has 0 N–H and O–H groups in total. The van der Waals surface area contributed by atoms with Crippen LogP contribution in [0.3, 0.4) is 0 Å². The maximum Gasteiger partial charge on any atom is -0.0417 e. The highest BCUT2D eigenvalue weighted by Crippen LogP contribution is 2.24. The van der Waals surface area contributed by atoms with E-state index in [1.165, 1.54) is 167 Å². The lowest BCUT2D eigenvalue weighted by Gasteiger charge is -2.19. The Kier molecular flexibility index (Phi) is 27.2. The van der Waals surface area contributed by atoms with Crippen molar-refractivity contribution in [3.8, 4) is 0 Å². The minimum absolute atomic E-state index is 0.936. The minimum atomic E-state index is 0.936. The molecule has 0 aromatic carbocycles. The summed E-state index contributed by atoms with van der Waals surface area (Å²) < 4.78 is 0. The lowest BCUT2D eigenvalue weighted by Crippen LogP contribution is -2.08. The Labute approximate surface area is 206 Å². The number of unbranched alkanes of at least 4 members (excludes halogenated alkanes) is 22. The third-order valence-corrected chi connectivity index (χ3v) is 8.00. The van der Waals surface area contributed by atoms with Crippen LogP contribution in [0.4, 0.5) is 0 Å². The van der Waals surface area contributed by atoms with Gasteiger partial charge in [0.25, 0.3) is 0 Å². The molecule has 0 nitrogen and oxygen atoms in total. The molecule has 0 aliphatic carbocycles. The molecule has 2 unspecified atom stereocenters. The summed E-state index contributed by atoms with van der Waals surface area (Å²) >= 11 is 0. The van der Waals surface area contributed by atoms with E-state index in [0.717, 1.165) is 11.8 Å². The van der Waals surface area contributed by atoms with Crippen LogP contribution < -0.4 is 0 Å². The van der Waals surface area contributed by atoms with Gasteiger partial charge in [-0.3, -0.25) is 0 Å². The van der Waals surface area contributed by atoms with Gasteiger partial charge in [-0.05, 0) is 11.8 Å². The van der Waals surface area contributed by atoms with Gasteiger partial charge >= 0.3 is 0 Å². The molecule has 0 amide bonds. The van der Waals surface area contributed by atoms with Gasteiger partial charge in [0.2, 0.25) is 0 Å². The zero-order valence-electron chi connectivity index (χ0n) is 23.5. The molecule has 0 saturated heterocycles. The van der Waals surface area contributed by atoms with E-state index in [4.69, 9.17) is 0 Å². The summed E-state index contributed by atoms with van der Waals surface area (Å²) in [4.78, 5) is 0. The average Bonchev–Trinajstić information content (AvgIpc) is 2.80. The smallest absolute Gasteiger partial charge is 0.0417 e. The van der Waals surface area contributed by atoms with E-state index in [2.05, 4.69) is 27.7 Å². The van der Waals surface area contributed by atoms with Crippen LogP contribution in [0.5, 0.6) is 0 Å². The molecule has 194 valence electrons. The molecule has 0 radical (unpaired) electrons. The Hall–Kier alpha value is 0. The zero-order valence-corrected chi connectivity index (χ0v) is 23.5. The molecule has 0 aliphatic heterocycles. The van der Waals surface area contributed by atoms with Crippen LogP contribution in [-0.4, -0.2) is 0 Å². The molecule has 32 heavy (non-hydrogen) atoms. The molecule has 0 aromatic rings. The molecule has 0 heteroatoms. The molecular weight excluding hydrogens is 384 g/mol. The van der Waals surface area contributed by atoms with E-state index in [-0.39, 0.29) is 0 Å². The first-order valence-electron chi connectivity index (χ1n) is 15.7. The van der Waals surface area contributed by atoms with Crippen LogP contribution in [0.2, 0.25) is 0 Å². The maximum absolute atomic E-state index is 2.52. The standard InChI is InChI=1S/C32H66/c1-5-7-9-11-13-15-17-18-19-20-22-24-26-28-30-32(4)31(3)29-27-25-23-21-16-14-12-10-8-6-2/h31-32H,5-30H2,1-4H3. The SMILES string of the molecule is CCCCCCCCCCCCCCCCC(C)C(C)CCCCCCCCCCCC. The van der Waals surface area contributed by atoms with Gasteiger partial charge in [-0.2, -0.15) is 0 Å². The molecular formula is C32H66. The Morgan fingerprint density at radius 3 is 0.688 bits per heavy atom. The lowest BCUT2D eigenvalue weighted by molar-refractivity contribution is 0.322. The fourth-order valence-corrected chi connectivity index (χ4v) is 5.18. The van der Waals surface area contributed by atoms with Crippen molar-refractivity contribution in [3.63, 3.8) is 0 Å². The van der Waals surface area contributed by atoms with Crippen molar-refractivity contribution < 1.29 is 0 Å². The van der Waals surface area contributed by atoms with Crippen molar-refractivity contribution in [1.29, 1.82) is 0 Å². The van der Waals surface area contributed by atoms with Gasteiger partial charge in [0.05, 0.1) is 0 Å². The van der Waals surface area contributed by atoms with E-state index >= 15 is 0 Å². The van der Waals surface area contributed by atoms with Gasteiger partial charge in [-0.1, -0.05) is 195 Å². The summed E-state index contributed by atoms with van der Waals surface area (Å²) in [6, 6.07) is 0. The number of hydrogen-bond donors (Lipinski definition) is 0. The fraction of sp³-hybridized carbons (Fsp3) is 1.00. The van der Waals surface area contributed by atoms with Crippen molar-refractivity contribution in [2.75, 3.05) is 0 Å². The second-order valence-electron chi connectivity index (χ2n) is 11.3. The molecule has 0 heterocycles. The molecule has 2 atom stereocenters. The Balaban J connectivity index is 3.28. The number of rotatable bonds is 27. The van der Waals surface area contributed by atoms with Crippen molar-refractivity contribution in [2.24, 2.45) is 11.8 Å². The second kappa shape index (κ2) is 27.2. The quantitative estimate of drug-likeness (QED) is 0.109. The van der Waals surface area contributed by atoms with E-state index < -0.39 is 0 Å². The minimum Gasteiger partial charge on any atom is -0.0654 e.